The number of rotatable bonds is 3. The molecule has 0 radical (unpaired) electrons. The van der Waals surface area contributed by atoms with E-state index in [1.54, 1.807) is 0 Å². The van der Waals surface area contributed by atoms with Gasteiger partial charge in [-0.15, -0.1) is 11.6 Å². The highest BCUT2D eigenvalue weighted by atomic mass is 35.5. The largest absolute Gasteiger partial charge is 0.373 e. The maximum Gasteiger partial charge on any atom is 0.0867 e. The molecule has 1 saturated heterocycles. The summed E-state index contributed by atoms with van der Waals surface area (Å²) in [6, 6.07) is 8.79. The Hall–Kier alpha value is -0.530. The smallest absolute Gasteiger partial charge is 0.0867 e. The first-order chi connectivity index (χ1) is 8.40. The molecule has 0 spiro atoms. The maximum atomic E-state index is 6.09. The van der Waals surface area contributed by atoms with Gasteiger partial charge in [0, 0.05) is 18.4 Å². The second-order valence-corrected chi connectivity index (χ2v) is 5.56. The lowest BCUT2D eigenvalue weighted by atomic mass is 9.87. The highest BCUT2D eigenvalue weighted by molar-refractivity contribution is 6.18. The average molecular weight is 251 g/mol. The molecule has 3 rings (SSSR count). The van der Waals surface area contributed by atoms with Gasteiger partial charge in [-0.25, -0.2) is 0 Å². The molecule has 1 aliphatic carbocycles. The van der Waals surface area contributed by atoms with Crippen molar-refractivity contribution >= 4 is 11.6 Å². The van der Waals surface area contributed by atoms with E-state index in [1.165, 1.54) is 30.4 Å². The van der Waals surface area contributed by atoms with E-state index in [0.29, 0.717) is 11.8 Å². The van der Waals surface area contributed by atoms with Gasteiger partial charge in [0.25, 0.3) is 0 Å². The minimum atomic E-state index is 0.234. The summed E-state index contributed by atoms with van der Waals surface area (Å²) in [5.41, 5.74) is 2.91. The van der Waals surface area contributed by atoms with Crippen molar-refractivity contribution in [1.82, 2.24) is 0 Å². The van der Waals surface area contributed by atoms with Gasteiger partial charge in [-0.05, 0) is 42.7 Å². The lowest BCUT2D eigenvalue weighted by Gasteiger charge is -2.32. The van der Waals surface area contributed by atoms with E-state index in [9.17, 15) is 0 Å². The molecule has 2 heteroatoms. The molecule has 1 aromatic carbocycles. The molecule has 1 saturated carbocycles. The van der Waals surface area contributed by atoms with Crippen molar-refractivity contribution in [1.29, 1.82) is 0 Å². The molecule has 0 amide bonds. The van der Waals surface area contributed by atoms with Gasteiger partial charge in [-0.2, -0.15) is 0 Å². The third-order valence-electron chi connectivity index (χ3n) is 3.96. The van der Waals surface area contributed by atoms with E-state index >= 15 is 0 Å². The molecule has 1 nitrogen and oxygen atoms in total. The predicted molar refractivity (Wildman–Crippen MR) is 70.6 cm³/mol. The number of hydrogen-bond donors (Lipinski definition) is 0. The summed E-state index contributed by atoms with van der Waals surface area (Å²) in [5.74, 6) is 1.99. The van der Waals surface area contributed by atoms with E-state index < -0.39 is 0 Å². The van der Waals surface area contributed by atoms with Crippen molar-refractivity contribution in [3.05, 3.63) is 35.4 Å². The van der Waals surface area contributed by atoms with Crippen LogP contribution in [0, 0.1) is 5.92 Å². The van der Waals surface area contributed by atoms with Gasteiger partial charge in [0.1, 0.15) is 0 Å². The van der Waals surface area contributed by atoms with Gasteiger partial charge >= 0.3 is 0 Å². The Morgan fingerprint density at radius 2 is 1.88 bits per heavy atom. The molecule has 2 aliphatic rings. The van der Waals surface area contributed by atoms with Crippen LogP contribution in [-0.4, -0.2) is 12.5 Å². The van der Waals surface area contributed by atoms with Crippen molar-refractivity contribution in [2.24, 2.45) is 5.92 Å². The van der Waals surface area contributed by atoms with E-state index in [2.05, 4.69) is 24.3 Å². The minimum Gasteiger partial charge on any atom is -0.373 e. The summed E-state index contributed by atoms with van der Waals surface area (Å²) in [6.45, 7) is 0.886. The van der Waals surface area contributed by atoms with Crippen molar-refractivity contribution in [3.8, 4) is 0 Å². The summed E-state index contributed by atoms with van der Waals surface area (Å²) in [4.78, 5) is 0. The Bertz CT molecular complexity index is 386. The maximum absolute atomic E-state index is 6.09. The zero-order chi connectivity index (χ0) is 11.7. The van der Waals surface area contributed by atoms with Crippen LogP contribution >= 0.6 is 11.6 Å². The van der Waals surface area contributed by atoms with Crippen LogP contribution in [0.2, 0.25) is 0 Å². The molecule has 17 heavy (non-hydrogen) atoms. The molecular formula is C15H19ClO. The van der Waals surface area contributed by atoms with Crippen LogP contribution in [0.25, 0.3) is 0 Å². The first-order valence-electron chi connectivity index (χ1n) is 6.66. The molecule has 1 aliphatic heterocycles. The Kier molecular flexibility index (Phi) is 3.39. The summed E-state index contributed by atoms with van der Waals surface area (Å²) >= 11 is 6.09. The van der Waals surface area contributed by atoms with E-state index in [0.717, 1.165) is 18.9 Å². The first kappa shape index (κ1) is 11.6. The minimum absolute atomic E-state index is 0.234. The molecule has 1 aromatic rings. The van der Waals surface area contributed by atoms with Crippen LogP contribution in [-0.2, 0) is 4.74 Å². The van der Waals surface area contributed by atoms with E-state index in [1.807, 2.05) is 0 Å². The summed E-state index contributed by atoms with van der Waals surface area (Å²) in [7, 11) is 0. The van der Waals surface area contributed by atoms with Crippen molar-refractivity contribution in [3.63, 3.8) is 0 Å². The van der Waals surface area contributed by atoms with Crippen molar-refractivity contribution in [2.45, 2.75) is 37.7 Å². The molecule has 2 fully saturated rings. The topological polar surface area (TPSA) is 9.23 Å². The summed E-state index contributed by atoms with van der Waals surface area (Å²) in [5, 5.41) is 0. The van der Waals surface area contributed by atoms with Gasteiger partial charge in [-0.3, -0.25) is 0 Å². The Morgan fingerprint density at radius 3 is 2.59 bits per heavy atom. The van der Waals surface area contributed by atoms with Crippen molar-refractivity contribution < 1.29 is 4.74 Å². The third kappa shape index (κ3) is 2.36. The Balaban J connectivity index is 1.90. The molecular weight excluding hydrogens is 232 g/mol. The summed E-state index contributed by atoms with van der Waals surface area (Å²) in [6.07, 6.45) is 5.27. The van der Waals surface area contributed by atoms with E-state index in [4.69, 9.17) is 16.3 Å². The zero-order valence-corrected chi connectivity index (χ0v) is 10.8. The normalized spacial score (nSPS) is 29.2. The fourth-order valence-electron chi connectivity index (χ4n) is 2.88. The predicted octanol–water partition coefficient (Wildman–Crippen LogP) is 4.27. The molecule has 0 bridgehead atoms. The van der Waals surface area contributed by atoms with Gasteiger partial charge < -0.3 is 4.74 Å². The fraction of sp³-hybridized carbons (Fsp3) is 0.600. The lowest BCUT2D eigenvalue weighted by Crippen LogP contribution is -2.24. The van der Waals surface area contributed by atoms with Gasteiger partial charge in [0.15, 0.2) is 0 Å². The third-order valence-corrected chi connectivity index (χ3v) is 4.36. The van der Waals surface area contributed by atoms with Gasteiger partial charge in [-0.1, -0.05) is 24.3 Å². The van der Waals surface area contributed by atoms with E-state index in [-0.39, 0.29) is 6.10 Å². The van der Waals surface area contributed by atoms with Crippen LogP contribution in [0.1, 0.15) is 48.8 Å². The van der Waals surface area contributed by atoms with Crippen LogP contribution < -0.4 is 0 Å². The van der Waals surface area contributed by atoms with Crippen LogP contribution in [0.3, 0.4) is 0 Å². The van der Waals surface area contributed by atoms with Gasteiger partial charge in [0.2, 0.25) is 0 Å². The quantitative estimate of drug-likeness (QED) is 0.728. The lowest BCUT2D eigenvalue weighted by molar-refractivity contribution is -0.0213. The number of ether oxygens (including phenoxy) is 1. The second kappa shape index (κ2) is 4.99. The highest BCUT2D eigenvalue weighted by Crippen LogP contribution is 2.45. The molecule has 2 unspecified atom stereocenters. The number of hydrogen-bond acceptors (Lipinski definition) is 1. The summed E-state index contributed by atoms with van der Waals surface area (Å²) < 4.78 is 6.00. The van der Waals surface area contributed by atoms with Crippen LogP contribution in [0.15, 0.2) is 24.3 Å². The standard InChI is InChI=1S/C15H19ClO/c16-10-12-4-3-9-17-15(12)14-6-2-1-5-13(14)11-7-8-11/h1-2,5-6,11-12,15H,3-4,7-10H2. The van der Waals surface area contributed by atoms with Crippen molar-refractivity contribution in [2.75, 3.05) is 12.5 Å². The molecule has 0 aromatic heterocycles. The first-order valence-corrected chi connectivity index (χ1v) is 7.20. The number of halogens is 1. The molecule has 2 atom stereocenters. The Labute approximate surface area is 108 Å². The van der Waals surface area contributed by atoms with Crippen LogP contribution in [0.4, 0.5) is 0 Å². The number of alkyl halides is 1. The second-order valence-electron chi connectivity index (χ2n) is 5.25. The molecule has 0 N–H and O–H groups in total. The SMILES string of the molecule is ClCC1CCCOC1c1ccccc1C1CC1. The average Bonchev–Trinajstić information content (AvgIpc) is 3.23. The monoisotopic (exact) mass is 250 g/mol. The fourth-order valence-corrected chi connectivity index (χ4v) is 3.20. The Morgan fingerprint density at radius 1 is 1.12 bits per heavy atom. The number of benzene rings is 1. The highest BCUT2D eigenvalue weighted by Gasteiger charge is 2.32. The molecule has 92 valence electrons. The molecule has 1 heterocycles. The zero-order valence-electron chi connectivity index (χ0n) is 10.1. The van der Waals surface area contributed by atoms with Gasteiger partial charge in [0.05, 0.1) is 6.10 Å². The van der Waals surface area contributed by atoms with Crippen LogP contribution in [0.5, 0.6) is 0 Å².